The summed E-state index contributed by atoms with van der Waals surface area (Å²) in [5.74, 6) is 0. The van der Waals surface area contributed by atoms with E-state index in [2.05, 4.69) is 34.6 Å². The third-order valence-corrected chi connectivity index (χ3v) is 5.07. The normalized spacial score (nSPS) is 11.1. The molecule has 0 radical (unpaired) electrons. The first-order valence-corrected chi connectivity index (χ1v) is 8.08. The van der Waals surface area contributed by atoms with Crippen LogP contribution in [0.2, 0.25) is 0 Å². The molecule has 0 atom stereocenters. The maximum atomic E-state index is 4.98. The minimum atomic E-state index is 0.746. The highest BCUT2D eigenvalue weighted by atomic mass is 32.1. The predicted octanol–water partition coefficient (Wildman–Crippen LogP) is 2.61. The second kappa shape index (κ2) is 7.69. The number of nitrogens with zero attached hydrogens (tertiary/aromatic N) is 2. The average molecular weight is 297 g/mol. The van der Waals surface area contributed by atoms with E-state index in [0.29, 0.717) is 0 Å². The molecule has 2 aromatic rings. The third-order valence-electron chi connectivity index (χ3n) is 2.69. The Balaban J connectivity index is 1.84. The fraction of sp³-hybridized carbons (Fsp3) is 0.538. The van der Waals surface area contributed by atoms with Crippen molar-refractivity contribution in [1.82, 2.24) is 15.5 Å². The SMILES string of the molecule is CCc1ccc(-c2nnc(CCNCCOC)s2)s1. The summed E-state index contributed by atoms with van der Waals surface area (Å²) in [7, 11) is 1.71. The molecule has 2 rings (SSSR count). The van der Waals surface area contributed by atoms with Crippen LogP contribution < -0.4 is 5.32 Å². The molecule has 4 nitrogen and oxygen atoms in total. The quantitative estimate of drug-likeness (QED) is 0.761. The summed E-state index contributed by atoms with van der Waals surface area (Å²) in [6, 6.07) is 4.32. The molecule has 0 amide bonds. The lowest BCUT2D eigenvalue weighted by Crippen LogP contribution is -2.21. The summed E-state index contributed by atoms with van der Waals surface area (Å²) >= 11 is 3.50. The van der Waals surface area contributed by atoms with Gasteiger partial charge in [0, 0.05) is 31.5 Å². The van der Waals surface area contributed by atoms with Crippen LogP contribution in [0.1, 0.15) is 16.8 Å². The van der Waals surface area contributed by atoms with Gasteiger partial charge in [-0.15, -0.1) is 21.5 Å². The zero-order chi connectivity index (χ0) is 13.5. The standard InChI is InChI=1S/C13H19N3OS2/c1-3-10-4-5-11(18-10)13-16-15-12(19-13)6-7-14-8-9-17-2/h4-5,14H,3,6-9H2,1-2H3. The van der Waals surface area contributed by atoms with Gasteiger partial charge in [-0.2, -0.15) is 0 Å². The molecule has 19 heavy (non-hydrogen) atoms. The highest BCUT2D eigenvalue weighted by Crippen LogP contribution is 2.30. The van der Waals surface area contributed by atoms with Crippen LogP contribution in [0.3, 0.4) is 0 Å². The van der Waals surface area contributed by atoms with Gasteiger partial charge in [-0.25, -0.2) is 0 Å². The molecule has 0 aliphatic heterocycles. The van der Waals surface area contributed by atoms with Gasteiger partial charge in [0.2, 0.25) is 0 Å². The third kappa shape index (κ3) is 4.35. The number of thiophene rings is 1. The summed E-state index contributed by atoms with van der Waals surface area (Å²) in [6.45, 7) is 4.72. The second-order valence-corrected chi connectivity index (χ2v) is 6.34. The van der Waals surface area contributed by atoms with Gasteiger partial charge in [-0.05, 0) is 18.6 Å². The van der Waals surface area contributed by atoms with Crippen molar-refractivity contribution in [3.63, 3.8) is 0 Å². The monoisotopic (exact) mass is 297 g/mol. The van der Waals surface area contributed by atoms with Crippen LogP contribution >= 0.6 is 22.7 Å². The van der Waals surface area contributed by atoms with E-state index in [1.165, 1.54) is 9.75 Å². The molecule has 2 heterocycles. The topological polar surface area (TPSA) is 47.0 Å². The Kier molecular flexibility index (Phi) is 5.91. The Labute approximate surface area is 121 Å². The predicted molar refractivity (Wildman–Crippen MR) is 81.0 cm³/mol. The van der Waals surface area contributed by atoms with Gasteiger partial charge in [-0.1, -0.05) is 18.3 Å². The molecule has 0 aliphatic rings. The summed E-state index contributed by atoms with van der Waals surface area (Å²) in [5.41, 5.74) is 0. The molecule has 6 heteroatoms. The molecule has 0 spiro atoms. The number of rotatable bonds is 8. The number of ether oxygens (including phenoxy) is 1. The summed E-state index contributed by atoms with van der Waals surface area (Å²) in [4.78, 5) is 2.63. The molecular weight excluding hydrogens is 278 g/mol. The zero-order valence-electron chi connectivity index (χ0n) is 11.3. The summed E-state index contributed by atoms with van der Waals surface area (Å²) in [5, 5.41) is 14.0. The molecule has 0 aliphatic carbocycles. The Bertz CT molecular complexity index is 496. The number of aryl methyl sites for hydroxylation is 1. The number of hydrogen-bond donors (Lipinski definition) is 1. The summed E-state index contributed by atoms with van der Waals surface area (Å²) in [6.07, 6.45) is 2.01. The first-order valence-electron chi connectivity index (χ1n) is 6.44. The fourth-order valence-electron chi connectivity index (χ4n) is 1.63. The molecule has 0 saturated carbocycles. The van der Waals surface area contributed by atoms with Crippen molar-refractivity contribution in [1.29, 1.82) is 0 Å². The van der Waals surface area contributed by atoms with Crippen LogP contribution in [0.5, 0.6) is 0 Å². The van der Waals surface area contributed by atoms with Crippen LogP contribution in [0.4, 0.5) is 0 Å². The highest BCUT2D eigenvalue weighted by molar-refractivity contribution is 7.21. The fourth-order valence-corrected chi connectivity index (χ4v) is 3.47. The van der Waals surface area contributed by atoms with E-state index in [9.17, 15) is 0 Å². The Morgan fingerprint density at radius 3 is 2.84 bits per heavy atom. The lowest BCUT2D eigenvalue weighted by molar-refractivity contribution is 0.199. The number of hydrogen-bond acceptors (Lipinski definition) is 6. The van der Waals surface area contributed by atoms with Crippen LogP contribution in [0, 0.1) is 0 Å². The molecule has 1 N–H and O–H groups in total. The Morgan fingerprint density at radius 2 is 2.11 bits per heavy atom. The highest BCUT2D eigenvalue weighted by Gasteiger charge is 2.08. The van der Waals surface area contributed by atoms with E-state index in [0.717, 1.165) is 42.6 Å². The molecule has 2 aromatic heterocycles. The lowest BCUT2D eigenvalue weighted by Gasteiger charge is -2.00. The van der Waals surface area contributed by atoms with Gasteiger partial charge >= 0.3 is 0 Å². The van der Waals surface area contributed by atoms with Crippen LogP contribution in [-0.2, 0) is 17.6 Å². The number of nitrogens with one attached hydrogen (secondary N) is 1. The lowest BCUT2D eigenvalue weighted by atomic mass is 10.4. The van der Waals surface area contributed by atoms with E-state index in [1.54, 1.807) is 18.4 Å². The van der Waals surface area contributed by atoms with E-state index in [-0.39, 0.29) is 0 Å². The number of aromatic nitrogens is 2. The van der Waals surface area contributed by atoms with Crippen molar-refractivity contribution in [2.75, 3.05) is 26.8 Å². The molecular formula is C13H19N3OS2. The van der Waals surface area contributed by atoms with Gasteiger partial charge < -0.3 is 10.1 Å². The molecule has 0 fully saturated rings. The molecule has 0 aromatic carbocycles. The Hall–Kier alpha value is -0.820. The van der Waals surface area contributed by atoms with Crippen LogP contribution in [0.25, 0.3) is 9.88 Å². The molecule has 104 valence electrons. The minimum Gasteiger partial charge on any atom is -0.383 e. The van der Waals surface area contributed by atoms with E-state index in [4.69, 9.17) is 4.74 Å². The van der Waals surface area contributed by atoms with Gasteiger partial charge in [0.25, 0.3) is 0 Å². The largest absolute Gasteiger partial charge is 0.383 e. The van der Waals surface area contributed by atoms with Crippen molar-refractivity contribution >= 4 is 22.7 Å². The van der Waals surface area contributed by atoms with Crippen molar-refractivity contribution in [3.8, 4) is 9.88 Å². The van der Waals surface area contributed by atoms with Crippen LogP contribution in [0.15, 0.2) is 12.1 Å². The van der Waals surface area contributed by atoms with E-state index < -0.39 is 0 Å². The van der Waals surface area contributed by atoms with Crippen molar-refractivity contribution < 1.29 is 4.74 Å². The maximum absolute atomic E-state index is 4.98. The zero-order valence-corrected chi connectivity index (χ0v) is 12.9. The van der Waals surface area contributed by atoms with Crippen LogP contribution in [-0.4, -0.2) is 37.0 Å². The first-order chi connectivity index (χ1) is 9.33. The van der Waals surface area contributed by atoms with Gasteiger partial charge in [-0.3, -0.25) is 0 Å². The molecule has 0 bridgehead atoms. The van der Waals surface area contributed by atoms with Gasteiger partial charge in [0.1, 0.15) is 5.01 Å². The van der Waals surface area contributed by atoms with Crippen molar-refractivity contribution in [2.45, 2.75) is 19.8 Å². The smallest absolute Gasteiger partial charge is 0.157 e. The second-order valence-electron chi connectivity index (χ2n) is 4.11. The van der Waals surface area contributed by atoms with Gasteiger partial charge in [0.15, 0.2) is 5.01 Å². The van der Waals surface area contributed by atoms with E-state index >= 15 is 0 Å². The average Bonchev–Trinajstić information content (AvgIpc) is 3.07. The molecule has 0 saturated heterocycles. The van der Waals surface area contributed by atoms with Crippen molar-refractivity contribution in [3.05, 3.63) is 22.0 Å². The van der Waals surface area contributed by atoms with Crippen molar-refractivity contribution in [2.24, 2.45) is 0 Å². The maximum Gasteiger partial charge on any atom is 0.157 e. The number of methoxy groups -OCH3 is 1. The van der Waals surface area contributed by atoms with Gasteiger partial charge in [0.05, 0.1) is 11.5 Å². The molecule has 0 unspecified atom stereocenters. The Morgan fingerprint density at radius 1 is 1.21 bits per heavy atom. The summed E-state index contributed by atoms with van der Waals surface area (Å²) < 4.78 is 4.98. The first kappa shape index (κ1) is 14.6. The van der Waals surface area contributed by atoms with E-state index in [1.807, 2.05) is 11.3 Å². The minimum absolute atomic E-state index is 0.746.